The van der Waals surface area contributed by atoms with Gasteiger partial charge in [-0.1, -0.05) is 6.07 Å². The molecule has 0 bridgehead atoms. The van der Waals surface area contributed by atoms with Crippen molar-refractivity contribution in [2.45, 2.75) is 45.3 Å². The summed E-state index contributed by atoms with van der Waals surface area (Å²) in [5.74, 6) is -2.26. The first-order valence-corrected chi connectivity index (χ1v) is 10.5. The summed E-state index contributed by atoms with van der Waals surface area (Å²) >= 11 is 1.11. The molecule has 3 N–H and O–H groups in total. The van der Waals surface area contributed by atoms with E-state index in [1.807, 2.05) is 0 Å². The summed E-state index contributed by atoms with van der Waals surface area (Å²) in [6.07, 6.45) is 1.06. The molecule has 0 saturated carbocycles. The van der Waals surface area contributed by atoms with Gasteiger partial charge in [0.15, 0.2) is 11.6 Å². The topological polar surface area (TPSA) is 84.7 Å². The number of nitrogens with two attached hydrogens (primary N) is 1. The third-order valence-corrected chi connectivity index (χ3v) is 5.78. The van der Waals surface area contributed by atoms with Crippen LogP contribution < -0.4 is 11.1 Å². The van der Waals surface area contributed by atoms with Gasteiger partial charge in [0.1, 0.15) is 10.5 Å². The lowest BCUT2D eigenvalue weighted by atomic mass is 10.1. The lowest BCUT2D eigenvalue weighted by Crippen LogP contribution is -2.50. The number of halogens is 2. The molecule has 1 saturated heterocycles. The maximum absolute atomic E-state index is 13.5. The van der Waals surface area contributed by atoms with Crippen LogP contribution in [-0.2, 0) is 4.74 Å². The molecule has 9 heteroatoms. The molecule has 1 aliphatic rings. The molecule has 2 heterocycles. The normalized spacial score (nSPS) is 17.0. The molecule has 1 atom stereocenters. The zero-order valence-electron chi connectivity index (χ0n) is 17.1. The van der Waals surface area contributed by atoms with Gasteiger partial charge in [-0.2, -0.15) is 0 Å². The zero-order valence-corrected chi connectivity index (χ0v) is 17.9. The van der Waals surface area contributed by atoms with E-state index in [9.17, 15) is 18.4 Å². The standard InChI is InChI=1S/C21H25F2N3O3S/c1-21(2,3)29-20(28)26-8-4-5-13(11-26)25-19(27)18-16(24)10-17(30-18)12-6-7-14(22)15(23)9-12/h6-7,9-10,13H,4-5,8,11,24H2,1-3H3,(H,25,27)/t13-/m1/s1. The smallest absolute Gasteiger partial charge is 0.410 e. The molecule has 162 valence electrons. The molecule has 1 aliphatic heterocycles. The second kappa shape index (κ2) is 8.59. The van der Waals surface area contributed by atoms with E-state index in [0.29, 0.717) is 28.4 Å². The minimum atomic E-state index is -0.963. The Morgan fingerprint density at radius 1 is 1.23 bits per heavy atom. The number of hydrogen-bond acceptors (Lipinski definition) is 5. The fourth-order valence-electron chi connectivity index (χ4n) is 3.21. The summed E-state index contributed by atoms with van der Waals surface area (Å²) < 4.78 is 32.1. The fraction of sp³-hybridized carbons (Fsp3) is 0.429. The van der Waals surface area contributed by atoms with Gasteiger partial charge in [-0.15, -0.1) is 11.3 Å². The number of hydrogen-bond donors (Lipinski definition) is 2. The maximum Gasteiger partial charge on any atom is 0.410 e. The Morgan fingerprint density at radius 2 is 1.97 bits per heavy atom. The highest BCUT2D eigenvalue weighted by Crippen LogP contribution is 2.34. The second-order valence-corrected chi connectivity index (χ2v) is 9.32. The van der Waals surface area contributed by atoms with Crippen LogP contribution in [0.25, 0.3) is 10.4 Å². The highest BCUT2D eigenvalue weighted by atomic mass is 32.1. The number of rotatable bonds is 3. The van der Waals surface area contributed by atoms with Crippen molar-refractivity contribution in [3.63, 3.8) is 0 Å². The van der Waals surface area contributed by atoms with Gasteiger partial charge in [0.2, 0.25) is 0 Å². The highest BCUT2D eigenvalue weighted by molar-refractivity contribution is 7.18. The molecule has 1 aromatic carbocycles. The van der Waals surface area contributed by atoms with Gasteiger partial charge in [0.25, 0.3) is 5.91 Å². The van der Waals surface area contributed by atoms with Crippen LogP contribution in [-0.4, -0.2) is 41.6 Å². The van der Waals surface area contributed by atoms with Crippen LogP contribution in [0.15, 0.2) is 24.3 Å². The van der Waals surface area contributed by atoms with Gasteiger partial charge in [0, 0.05) is 24.0 Å². The summed E-state index contributed by atoms with van der Waals surface area (Å²) in [7, 11) is 0. The van der Waals surface area contributed by atoms with Gasteiger partial charge < -0.3 is 20.7 Å². The number of nitrogens with one attached hydrogen (secondary N) is 1. The predicted octanol–water partition coefficient (Wildman–Crippen LogP) is 4.40. The van der Waals surface area contributed by atoms with E-state index in [1.54, 1.807) is 31.7 Å². The van der Waals surface area contributed by atoms with Crippen LogP contribution in [0, 0.1) is 11.6 Å². The summed E-state index contributed by atoms with van der Waals surface area (Å²) in [5, 5.41) is 2.92. The van der Waals surface area contributed by atoms with Crippen molar-refractivity contribution in [1.82, 2.24) is 10.2 Å². The largest absolute Gasteiger partial charge is 0.444 e. The molecule has 2 aromatic rings. The number of thiophene rings is 1. The first-order valence-electron chi connectivity index (χ1n) is 9.67. The molecular weight excluding hydrogens is 412 g/mol. The van der Waals surface area contributed by atoms with E-state index in [0.717, 1.165) is 36.3 Å². The zero-order chi connectivity index (χ0) is 22.1. The molecular formula is C21H25F2N3O3S. The molecule has 0 unspecified atom stereocenters. The number of ether oxygens (including phenoxy) is 1. The number of amides is 2. The van der Waals surface area contributed by atoms with Gasteiger partial charge in [-0.05, 0) is 57.4 Å². The maximum atomic E-state index is 13.5. The number of benzene rings is 1. The summed E-state index contributed by atoms with van der Waals surface area (Å²) in [4.78, 5) is 27.5. The van der Waals surface area contributed by atoms with Crippen molar-refractivity contribution in [2.75, 3.05) is 18.8 Å². The number of nitrogens with zero attached hydrogens (tertiary/aromatic N) is 1. The van der Waals surface area contributed by atoms with E-state index in [2.05, 4.69) is 5.32 Å². The van der Waals surface area contributed by atoms with E-state index < -0.39 is 23.3 Å². The Labute approximate surface area is 178 Å². The molecule has 0 aliphatic carbocycles. The molecule has 3 rings (SSSR count). The number of piperidine rings is 1. The van der Waals surface area contributed by atoms with Gasteiger partial charge in [0.05, 0.1) is 5.69 Å². The average molecular weight is 438 g/mol. The third-order valence-electron chi connectivity index (χ3n) is 4.58. The third kappa shape index (κ3) is 5.27. The summed E-state index contributed by atoms with van der Waals surface area (Å²) in [6, 6.07) is 4.88. The van der Waals surface area contributed by atoms with Crippen LogP contribution in [0.1, 0.15) is 43.3 Å². The first-order chi connectivity index (χ1) is 14.0. The van der Waals surface area contributed by atoms with E-state index in [-0.39, 0.29) is 17.6 Å². The molecule has 6 nitrogen and oxygen atoms in total. The van der Waals surface area contributed by atoms with Crippen LogP contribution in [0.3, 0.4) is 0 Å². The van der Waals surface area contributed by atoms with Gasteiger partial charge in [-0.3, -0.25) is 4.79 Å². The van der Waals surface area contributed by atoms with E-state index in [4.69, 9.17) is 10.5 Å². The Hall–Kier alpha value is -2.68. The van der Waals surface area contributed by atoms with Gasteiger partial charge in [-0.25, -0.2) is 13.6 Å². The van der Waals surface area contributed by atoms with Crippen molar-refractivity contribution in [3.8, 4) is 10.4 Å². The van der Waals surface area contributed by atoms with Crippen LogP contribution >= 0.6 is 11.3 Å². The number of nitrogen functional groups attached to an aromatic ring is 1. The Morgan fingerprint density at radius 3 is 2.63 bits per heavy atom. The highest BCUT2D eigenvalue weighted by Gasteiger charge is 2.29. The van der Waals surface area contributed by atoms with Crippen LogP contribution in [0.5, 0.6) is 0 Å². The Bertz CT molecular complexity index is 955. The van der Waals surface area contributed by atoms with E-state index in [1.165, 1.54) is 6.07 Å². The quantitative estimate of drug-likeness (QED) is 0.745. The fourth-order valence-corrected chi connectivity index (χ4v) is 4.19. The predicted molar refractivity (Wildman–Crippen MR) is 112 cm³/mol. The van der Waals surface area contributed by atoms with Crippen LogP contribution in [0.2, 0.25) is 0 Å². The minimum Gasteiger partial charge on any atom is -0.444 e. The monoisotopic (exact) mass is 437 g/mol. The summed E-state index contributed by atoms with van der Waals surface area (Å²) in [6.45, 7) is 6.33. The lowest BCUT2D eigenvalue weighted by Gasteiger charge is -2.34. The van der Waals surface area contributed by atoms with Crippen molar-refractivity contribution >= 4 is 29.0 Å². The van der Waals surface area contributed by atoms with E-state index >= 15 is 0 Å². The molecule has 0 spiro atoms. The van der Waals surface area contributed by atoms with Crippen molar-refractivity contribution in [3.05, 3.63) is 40.8 Å². The molecule has 0 radical (unpaired) electrons. The molecule has 1 fully saturated rings. The minimum absolute atomic E-state index is 0.230. The van der Waals surface area contributed by atoms with Crippen LogP contribution in [0.4, 0.5) is 19.3 Å². The average Bonchev–Trinajstić information content (AvgIpc) is 3.04. The number of carbonyl (C=O) groups is 2. The number of anilines is 1. The molecule has 2 amide bonds. The number of carbonyl (C=O) groups excluding carboxylic acids is 2. The molecule has 1 aromatic heterocycles. The Kier molecular flexibility index (Phi) is 6.30. The van der Waals surface area contributed by atoms with Crippen molar-refractivity contribution in [1.29, 1.82) is 0 Å². The van der Waals surface area contributed by atoms with Gasteiger partial charge >= 0.3 is 6.09 Å². The Balaban J connectivity index is 1.68. The van der Waals surface area contributed by atoms with Crippen molar-refractivity contribution < 1.29 is 23.1 Å². The second-order valence-electron chi connectivity index (χ2n) is 8.26. The summed E-state index contributed by atoms with van der Waals surface area (Å²) in [5.41, 5.74) is 6.11. The lowest BCUT2D eigenvalue weighted by molar-refractivity contribution is 0.0186. The first kappa shape index (κ1) is 22.0. The number of likely N-dealkylation sites (tertiary alicyclic amines) is 1. The van der Waals surface area contributed by atoms with Crippen molar-refractivity contribution in [2.24, 2.45) is 0 Å². The SMILES string of the molecule is CC(C)(C)OC(=O)N1CCC[C@@H](NC(=O)c2sc(-c3ccc(F)c(F)c3)cc2N)C1. The molecule has 30 heavy (non-hydrogen) atoms.